The SMILES string of the molecule is CC(C)(C)c1cc2c3c(c1)N(c1c(-c4ccccc4)cc(-c4ccccc4)cc1-c1ccccc1)c1cc(-n4c(-c5ccccc5)c5ccccc5c4-c4ccccc4)ccc1B3c1ccc(-n3c(-c4ccccc4)c4ccccc4c3-c3ccccc3)cc1N2C1=C(c2ccccc2)C=C(c2ccccc2)C=CC1c1ccccc1. The van der Waals surface area contributed by atoms with Gasteiger partial charge in [0.05, 0.1) is 28.5 Å². The van der Waals surface area contributed by atoms with Crippen LogP contribution in [-0.4, -0.2) is 15.8 Å². The summed E-state index contributed by atoms with van der Waals surface area (Å²) < 4.78 is 5.15. The molecule has 18 aromatic rings. The third-order valence-corrected chi connectivity index (χ3v) is 23.9. The van der Waals surface area contributed by atoms with E-state index >= 15 is 0 Å². The first-order chi connectivity index (χ1) is 57.3. The first kappa shape index (κ1) is 69.4. The molecule has 0 spiro atoms. The molecule has 0 amide bonds. The summed E-state index contributed by atoms with van der Waals surface area (Å²) in [5.74, 6) is -0.288. The summed E-state index contributed by atoms with van der Waals surface area (Å²) in [5, 5.41) is 4.73. The van der Waals surface area contributed by atoms with Crippen molar-refractivity contribution in [3.63, 3.8) is 0 Å². The smallest absolute Gasteiger partial charge is 0.252 e. The van der Waals surface area contributed by atoms with Gasteiger partial charge in [-0.25, -0.2) is 0 Å². The fraction of sp³-hybridized carbons (Fsp3) is 0.0450. The Morgan fingerprint density at radius 1 is 0.284 bits per heavy atom. The lowest BCUT2D eigenvalue weighted by atomic mass is 9.33. The number of nitrogens with zero attached hydrogens (tertiary/aromatic N) is 4. The molecule has 1 aliphatic carbocycles. The zero-order chi connectivity index (χ0) is 77.4. The monoisotopic (exact) mass is 1480 g/mol. The Morgan fingerprint density at radius 2 is 0.621 bits per heavy atom. The fourth-order valence-electron chi connectivity index (χ4n) is 18.6. The van der Waals surface area contributed by atoms with Gasteiger partial charge in [-0.1, -0.05) is 397 Å². The van der Waals surface area contributed by atoms with Crippen LogP contribution in [0, 0.1) is 0 Å². The van der Waals surface area contributed by atoms with Crippen molar-refractivity contribution in [2.45, 2.75) is 32.1 Å². The number of allylic oxidation sites excluding steroid dienone is 5. The molecule has 0 bridgehead atoms. The molecule has 1 atom stereocenters. The highest BCUT2D eigenvalue weighted by atomic mass is 15.2. The molecule has 21 rings (SSSR count). The fourth-order valence-corrected chi connectivity index (χ4v) is 18.6. The molecule has 4 nitrogen and oxygen atoms in total. The molecule has 0 saturated carbocycles. The van der Waals surface area contributed by atoms with Crippen LogP contribution in [0.1, 0.15) is 48.9 Å². The van der Waals surface area contributed by atoms with Gasteiger partial charge in [0.1, 0.15) is 0 Å². The maximum Gasteiger partial charge on any atom is 0.252 e. The van der Waals surface area contributed by atoms with Gasteiger partial charge in [0, 0.05) is 84.0 Å². The van der Waals surface area contributed by atoms with Crippen molar-refractivity contribution in [1.29, 1.82) is 0 Å². The van der Waals surface area contributed by atoms with Crippen molar-refractivity contribution in [3.05, 3.63) is 459 Å². The van der Waals surface area contributed by atoms with E-state index in [-0.39, 0.29) is 12.6 Å². The lowest BCUT2D eigenvalue weighted by Gasteiger charge is -2.47. The third-order valence-electron chi connectivity index (χ3n) is 23.9. The molecule has 5 heteroatoms. The van der Waals surface area contributed by atoms with Crippen LogP contribution in [0.4, 0.5) is 28.4 Å². The van der Waals surface area contributed by atoms with Crippen LogP contribution in [0.2, 0.25) is 0 Å². The molecule has 2 aromatic heterocycles. The van der Waals surface area contributed by atoms with Gasteiger partial charge in [0.25, 0.3) is 6.71 Å². The summed E-state index contributed by atoms with van der Waals surface area (Å²) in [6, 6.07) is 154. The molecule has 0 fully saturated rings. The number of hydrogen-bond acceptors (Lipinski definition) is 2. The summed E-state index contributed by atoms with van der Waals surface area (Å²) in [7, 11) is 0. The number of benzene rings is 16. The van der Waals surface area contributed by atoms with Crippen LogP contribution in [-0.2, 0) is 5.41 Å². The molecule has 1 unspecified atom stereocenters. The van der Waals surface area contributed by atoms with Crippen LogP contribution in [0.15, 0.2) is 436 Å². The standard InChI is InChI=1S/C111H81BN4/c1-111(2,3)87-71-102-104-103(72-87)116(110-96(79-46-22-8-23-47-79)69-86(76-40-16-5-17-41-76)70-97(110)80-48-24-9-25-49-80)101-74-89(114-107(83-54-30-12-31-55-83)93-60-36-37-61-94(93)108(114)84-56-32-13-33-57-84)64-67-99(101)112(104)98-66-63-88(113-105(81-50-26-10-27-51-81)91-58-34-35-59-92(91)106(113)82-52-28-11-29-53-82)73-100(98)115(102)109-90(77-42-18-6-19-43-77)65-62-85(75-38-14-4-15-39-75)68-95(109)78-44-20-7-21-45-78/h4-74,90H,1-3H3. The minimum absolute atomic E-state index is 0.288. The number of rotatable bonds is 14. The maximum absolute atomic E-state index is 2.77. The summed E-state index contributed by atoms with van der Waals surface area (Å²) in [5.41, 5.74) is 34.7. The molecule has 2 aliphatic heterocycles. The molecule has 16 aromatic carbocycles. The van der Waals surface area contributed by atoms with E-state index in [4.69, 9.17) is 0 Å². The Morgan fingerprint density at radius 3 is 1.02 bits per heavy atom. The minimum atomic E-state index is -0.398. The number of fused-ring (bicyclic) bond motifs is 6. The van der Waals surface area contributed by atoms with E-state index in [2.05, 4.69) is 470 Å². The van der Waals surface area contributed by atoms with E-state index < -0.39 is 5.41 Å². The highest BCUT2D eigenvalue weighted by Gasteiger charge is 2.47. The van der Waals surface area contributed by atoms with E-state index in [1.54, 1.807) is 0 Å². The van der Waals surface area contributed by atoms with Gasteiger partial charge < -0.3 is 18.9 Å². The van der Waals surface area contributed by atoms with Gasteiger partial charge in [-0.15, -0.1) is 0 Å². The van der Waals surface area contributed by atoms with Crippen molar-refractivity contribution >= 4 is 84.2 Å². The van der Waals surface area contributed by atoms with E-state index in [0.29, 0.717) is 0 Å². The van der Waals surface area contributed by atoms with Gasteiger partial charge in [-0.3, -0.25) is 0 Å². The molecular formula is C111H81BN4. The Hall–Kier alpha value is -14.5. The second kappa shape index (κ2) is 28.9. The largest absolute Gasteiger partial charge is 0.314 e. The van der Waals surface area contributed by atoms with E-state index in [0.717, 1.165) is 146 Å². The van der Waals surface area contributed by atoms with E-state index in [1.807, 2.05) is 0 Å². The summed E-state index contributed by atoms with van der Waals surface area (Å²) >= 11 is 0. The van der Waals surface area contributed by atoms with Crippen molar-refractivity contribution < 1.29 is 0 Å². The Balaban J connectivity index is 0.958. The number of aromatic nitrogens is 2. The van der Waals surface area contributed by atoms with Crippen LogP contribution in [0.5, 0.6) is 0 Å². The molecule has 0 saturated heterocycles. The second-order valence-electron chi connectivity index (χ2n) is 31.8. The van der Waals surface area contributed by atoms with Crippen molar-refractivity contribution in [2.24, 2.45) is 0 Å². The van der Waals surface area contributed by atoms with Gasteiger partial charge in [0.2, 0.25) is 0 Å². The van der Waals surface area contributed by atoms with Crippen LogP contribution >= 0.6 is 0 Å². The average molecular weight is 1480 g/mol. The molecule has 0 N–H and O–H groups in total. The van der Waals surface area contributed by atoms with E-state index in [9.17, 15) is 0 Å². The Labute approximate surface area is 679 Å². The minimum Gasteiger partial charge on any atom is -0.314 e. The predicted molar refractivity (Wildman–Crippen MR) is 491 cm³/mol. The Bertz CT molecular complexity index is 6650. The summed E-state index contributed by atoms with van der Waals surface area (Å²) in [6.45, 7) is 6.88. The third kappa shape index (κ3) is 11.9. The van der Waals surface area contributed by atoms with Crippen LogP contribution in [0.25, 0.3) is 122 Å². The zero-order valence-corrected chi connectivity index (χ0v) is 64.9. The number of anilines is 5. The Kier molecular flexibility index (Phi) is 17.3. The van der Waals surface area contributed by atoms with Crippen molar-refractivity contribution in [3.8, 4) is 89.8 Å². The molecular weight excluding hydrogens is 1400 g/mol. The van der Waals surface area contributed by atoms with Gasteiger partial charge in [-0.2, -0.15) is 0 Å². The molecule has 4 heterocycles. The highest BCUT2D eigenvalue weighted by molar-refractivity contribution is 7.00. The van der Waals surface area contributed by atoms with Gasteiger partial charge in [0.15, 0.2) is 0 Å². The quantitative estimate of drug-likeness (QED) is 0.101. The van der Waals surface area contributed by atoms with Gasteiger partial charge in [-0.05, 0) is 149 Å². The normalized spacial score (nSPS) is 13.7. The molecule has 116 heavy (non-hydrogen) atoms. The van der Waals surface area contributed by atoms with Crippen LogP contribution < -0.4 is 26.2 Å². The second-order valence-corrected chi connectivity index (χ2v) is 31.8. The molecule has 0 radical (unpaired) electrons. The maximum atomic E-state index is 2.77. The van der Waals surface area contributed by atoms with Crippen molar-refractivity contribution in [2.75, 3.05) is 9.80 Å². The zero-order valence-electron chi connectivity index (χ0n) is 64.9. The predicted octanol–water partition coefficient (Wildman–Crippen LogP) is 27.1. The van der Waals surface area contributed by atoms with Crippen LogP contribution in [0.3, 0.4) is 0 Å². The van der Waals surface area contributed by atoms with Crippen molar-refractivity contribution in [1.82, 2.24) is 9.13 Å². The average Bonchev–Trinajstić information content (AvgIpc) is 0.764. The molecule has 3 aliphatic rings. The lowest BCUT2D eigenvalue weighted by Crippen LogP contribution is -2.62. The highest BCUT2D eigenvalue weighted by Crippen LogP contribution is 2.56. The summed E-state index contributed by atoms with van der Waals surface area (Å²) in [6.07, 6.45) is 7.37. The first-order valence-electron chi connectivity index (χ1n) is 40.5. The van der Waals surface area contributed by atoms with E-state index in [1.165, 1.54) is 49.1 Å². The first-order valence-corrected chi connectivity index (χ1v) is 40.5. The number of hydrogen-bond donors (Lipinski definition) is 0. The van der Waals surface area contributed by atoms with Gasteiger partial charge >= 0.3 is 0 Å². The summed E-state index contributed by atoms with van der Waals surface area (Å²) in [4.78, 5) is 5.50. The molecule has 548 valence electrons. The topological polar surface area (TPSA) is 16.3 Å². The lowest BCUT2D eigenvalue weighted by molar-refractivity contribution is 0.590.